The average Bonchev–Trinajstić information content (AvgIpc) is 2.52. The van der Waals surface area contributed by atoms with Gasteiger partial charge in [0.25, 0.3) is 0 Å². The van der Waals surface area contributed by atoms with E-state index in [1.54, 1.807) is 12.1 Å². The third-order valence-electron chi connectivity index (χ3n) is 3.05. The molecule has 6 nitrogen and oxygen atoms in total. The van der Waals surface area contributed by atoms with Crippen LogP contribution in [0.3, 0.4) is 0 Å². The van der Waals surface area contributed by atoms with Crippen LogP contribution < -0.4 is 16.0 Å². The minimum absolute atomic E-state index is 0.139. The first kappa shape index (κ1) is 14.8. The van der Waals surface area contributed by atoms with E-state index >= 15 is 0 Å². The molecule has 110 valence electrons. The maximum absolute atomic E-state index is 11.1. The van der Waals surface area contributed by atoms with Crippen molar-refractivity contribution in [2.75, 3.05) is 12.0 Å². The second-order valence-corrected chi connectivity index (χ2v) is 4.49. The molecule has 0 aromatic heterocycles. The molecule has 0 spiro atoms. The van der Waals surface area contributed by atoms with Gasteiger partial charge in [-0.3, -0.25) is 16.0 Å². The third-order valence-corrected chi connectivity index (χ3v) is 3.05. The molecular formula is C15H17N3O3. The van der Waals surface area contributed by atoms with Crippen molar-refractivity contribution in [2.24, 2.45) is 5.84 Å². The predicted octanol–water partition coefficient (Wildman–Crippen LogP) is 2.89. The van der Waals surface area contributed by atoms with Gasteiger partial charge in [0.05, 0.1) is 11.5 Å². The van der Waals surface area contributed by atoms with Gasteiger partial charge < -0.3 is 10.2 Å². The number of hydrazine groups is 1. The second-order valence-electron chi connectivity index (χ2n) is 4.49. The molecule has 0 aliphatic carbocycles. The summed E-state index contributed by atoms with van der Waals surface area (Å²) >= 11 is 0. The zero-order chi connectivity index (χ0) is 15.1. The molecule has 0 radical (unpaired) electrons. The van der Waals surface area contributed by atoms with Crippen molar-refractivity contribution in [3.05, 3.63) is 64.2 Å². The fraction of sp³-hybridized carbons (Fsp3) is 0.200. The number of nitrogens with one attached hydrogen (secondary N) is 1. The van der Waals surface area contributed by atoms with E-state index in [1.807, 2.05) is 30.3 Å². The number of anilines is 1. The Labute approximate surface area is 122 Å². The summed E-state index contributed by atoms with van der Waals surface area (Å²) in [7, 11) is 0. The Morgan fingerprint density at radius 2 is 1.90 bits per heavy atom. The molecule has 0 unspecified atom stereocenters. The van der Waals surface area contributed by atoms with Gasteiger partial charge in [0.15, 0.2) is 5.75 Å². The number of rotatable bonds is 7. The zero-order valence-electron chi connectivity index (χ0n) is 11.5. The predicted molar refractivity (Wildman–Crippen MR) is 81.2 cm³/mol. The minimum Gasteiger partial charge on any atom is -0.487 e. The summed E-state index contributed by atoms with van der Waals surface area (Å²) in [6, 6.07) is 14.8. The molecule has 0 saturated carbocycles. The SMILES string of the molecule is NNc1cccc(OCCCc2ccccc2)c1[N+](=O)[O-]. The smallest absolute Gasteiger partial charge is 0.335 e. The van der Waals surface area contributed by atoms with Gasteiger partial charge in [-0.05, 0) is 30.5 Å². The lowest BCUT2D eigenvalue weighted by Crippen LogP contribution is -2.10. The van der Waals surface area contributed by atoms with Crippen LogP contribution in [0.25, 0.3) is 0 Å². The van der Waals surface area contributed by atoms with Crippen LogP contribution in [0.5, 0.6) is 5.75 Å². The highest BCUT2D eigenvalue weighted by atomic mass is 16.6. The van der Waals surface area contributed by atoms with Gasteiger partial charge in [-0.1, -0.05) is 36.4 Å². The molecule has 6 heteroatoms. The second kappa shape index (κ2) is 7.25. The first-order valence-corrected chi connectivity index (χ1v) is 6.63. The summed E-state index contributed by atoms with van der Waals surface area (Å²) in [6.45, 7) is 0.407. The number of benzene rings is 2. The van der Waals surface area contributed by atoms with E-state index in [0.717, 1.165) is 12.8 Å². The normalized spacial score (nSPS) is 10.1. The van der Waals surface area contributed by atoms with Crippen molar-refractivity contribution in [1.29, 1.82) is 0 Å². The van der Waals surface area contributed by atoms with E-state index in [1.165, 1.54) is 11.6 Å². The van der Waals surface area contributed by atoms with Gasteiger partial charge >= 0.3 is 5.69 Å². The summed E-state index contributed by atoms with van der Waals surface area (Å²) in [5, 5.41) is 11.1. The maximum atomic E-state index is 11.1. The molecule has 2 aromatic carbocycles. The Morgan fingerprint density at radius 3 is 2.57 bits per heavy atom. The van der Waals surface area contributed by atoms with Crippen LogP contribution in [0.4, 0.5) is 11.4 Å². The Morgan fingerprint density at radius 1 is 1.14 bits per heavy atom. The number of nitrogens with two attached hydrogens (primary N) is 1. The highest BCUT2D eigenvalue weighted by Gasteiger charge is 2.20. The molecule has 0 saturated heterocycles. The monoisotopic (exact) mass is 287 g/mol. The molecule has 3 N–H and O–H groups in total. The standard InChI is InChI=1S/C15H17N3O3/c16-17-13-9-4-10-14(15(13)18(19)20)21-11-5-8-12-6-2-1-3-7-12/h1-4,6-7,9-10,17H,5,8,11,16H2. The van der Waals surface area contributed by atoms with Crippen LogP contribution in [0.1, 0.15) is 12.0 Å². The molecule has 0 fully saturated rings. The van der Waals surface area contributed by atoms with Gasteiger partial charge in [-0.2, -0.15) is 0 Å². The number of nitro groups is 1. The lowest BCUT2D eigenvalue weighted by molar-refractivity contribution is -0.385. The molecule has 0 amide bonds. The number of ether oxygens (including phenoxy) is 1. The lowest BCUT2D eigenvalue weighted by atomic mass is 10.1. The van der Waals surface area contributed by atoms with Gasteiger partial charge in [0, 0.05) is 0 Å². The number of aryl methyl sites for hydroxylation is 1. The summed E-state index contributed by atoms with van der Waals surface area (Å²) in [5.74, 6) is 5.50. The van der Waals surface area contributed by atoms with E-state index in [2.05, 4.69) is 5.43 Å². The van der Waals surface area contributed by atoms with E-state index in [0.29, 0.717) is 6.61 Å². The molecular weight excluding hydrogens is 270 g/mol. The van der Waals surface area contributed by atoms with Crippen molar-refractivity contribution in [2.45, 2.75) is 12.8 Å². The largest absolute Gasteiger partial charge is 0.487 e. The highest BCUT2D eigenvalue weighted by molar-refractivity contribution is 5.67. The van der Waals surface area contributed by atoms with Crippen LogP contribution in [-0.2, 0) is 6.42 Å². The number of para-hydroxylation sites is 1. The fourth-order valence-corrected chi connectivity index (χ4v) is 2.05. The zero-order valence-corrected chi connectivity index (χ0v) is 11.5. The lowest BCUT2D eigenvalue weighted by Gasteiger charge is -2.09. The van der Waals surface area contributed by atoms with Crippen LogP contribution in [0.2, 0.25) is 0 Å². The molecule has 0 aliphatic rings. The Balaban J connectivity index is 1.95. The quantitative estimate of drug-likeness (QED) is 0.353. The Bertz CT molecular complexity index is 602. The molecule has 0 atom stereocenters. The summed E-state index contributed by atoms with van der Waals surface area (Å²) < 4.78 is 5.53. The summed E-state index contributed by atoms with van der Waals surface area (Å²) in [6.07, 6.45) is 1.64. The maximum Gasteiger partial charge on any atom is 0.335 e. The van der Waals surface area contributed by atoms with Crippen LogP contribution >= 0.6 is 0 Å². The van der Waals surface area contributed by atoms with Gasteiger partial charge in [-0.25, -0.2) is 0 Å². The molecule has 0 heterocycles. The molecule has 2 rings (SSSR count). The van der Waals surface area contributed by atoms with E-state index in [9.17, 15) is 10.1 Å². The third kappa shape index (κ3) is 3.93. The Hall–Kier alpha value is -2.60. The number of hydrogen-bond donors (Lipinski definition) is 2. The fourth-order valence-electron chi connectivity index (χ4n) is 2.05. The highest BCUT2D eigenvalue weighted by Crippen LogP contribution is 2.34. The van der Waals surface area contributed by atoms with Crippen molar-refractivity contribution in [3.63, 3.8) is 0 Å². The molecule has 0 bridgehead atoms. The van der Waals surface area contributed by atoms with Crippen molar-refractivity contribution >= 4 is 11.4 Å². The summed E-state index contributed by atoms with van der Waals surface area (Å²) in [4.78, 5) is 10.6. The van der Waals surface area contributed by atoms with Crippen LogP contribution in [0.15, 0.2) is 48.5 Å². The molecule has 0 aliphatic heterocycles. The van der Waals surface area contributed by atoms with Crippen molar-refractivity contribution in [1.82, 2.24) is 0 Å². The van der Waals surface area contributed by atoms with Crippen LogP contribution in [0, 0.1) is 10.1 Å². The first-order valence-electron chi connectivity index (χ1n) is 6.63. The minimum atomic E-state index is -0.498. The number of nitro benzene ring substituents is 1. The topological polar surface area (TPSA) is 90.4 Å². The first-order chi connectivity index (χ1) is 10.2. The number of nitrogen functional groups attached to an aromatic ring is 1. The van der Waals surface area contributed by atoms with Crippen molar-refractivity contribution < 1.29 is 9.66 Å². The van der Waals surface area contributed by atoms with Gasteiger partial charge in [0.2, 0.25) is 0 Å². The van der Waals surface area contributed by atoms with Crippen molar-refractivity contribution in [3.8, 4) is 5.75 Å². The summed E-state index contributed by atoms with van der Waals surface area (Å²) in [5.41, 5.74) is 3.63. The molecule has 21 heavy (non-hydrogen) atoms. The van der Waals surface area contributed by atoms with Gasteiger partial charge in [-0.15, -0.1) is 0 Å². The number of nitrogens with zero attached hydrogens (tertiary/aromatic N) is 1. The Kier molecular flexibility index (Phi) is 5.11. The van der Waals surface area contributed by atoms with E-state index in [-0.39, 0.29) is 17.1 Å². The van der Waals surface area contributed by atoms with E-state index < -0.39 is 4.92 Å². The molecule has 2 aromatic rings. The van der Waals surface area contributed by atoms with Crippen LogP contribution in [-0.4, -0.2) is 11.5 Å². The van der Waals surface area contributed by atoms with E-state index in [4.69, 9.17) is 10.6 Å². The van der Waals surface area contributed by atoms with Gasteiger partial charge in [0.1, 0.15) is 5.69 Å². The number of hydrogen-bond acceptors (Lipinski definition) is 5. The average molecular weight is 287 g/mol.